The molecule has 0 unspecified atom stereocenters. The lowest BCUT2D eigenvalue weighted by Crippen LogP contribution is -2.27. The van der Waals surface area contributed by atoms with E-state index in [0.717, 1.165) is 31.6 Å². The highest BCUT2D eigenvalue weighted by atomic mass is 16.1. The number of para-hydroxylation sites is 1. The quantitative estimate of drug-likeness (QED) is 0.851. The largest absolute Gasteiger partial charge is 0.341 e. The Hall–Kier alpha value is -2.43. The summed E-state index contributed by atoms with van der Waals surface area (Å²) >= 11 is 0. The maximum atomic E-state index is 12.3. The van der Waals surface area contributed by atoms with Gasteiger partial charge in [-0.25, -0.2) is 9.97 Å². The summed E-state index contributed by atoms with van der Waals surface area (Å²) in [7, 11) is 0. The molecule has 2 aromatic rings. The van der Waals surface area contributed by atoms with Gasteiger partial charge >= 0.3 is 0 Å². The van der Waals surface area contributed by atoms with Gasteiger partial charge in [0.15, 0.2) is 0 Å². The van der Waals surface area contributed by atoms with E-state index in [4.69, 9.17) is 0 Å². The molecule has 0 saturated carbocycles. The van der Waals surface area contributed by atoms with Gasteiger partial charge in [0, 0.05) is 25.0 Å². The van der Waals surface area contributed by atoms with E-state index >= 15 is 0 Å². The Morgan fingerprint density at radius 1 is 1.09 bits per heavy atom. The van der Waals surface area contributed by atoms with Crippen LogP contribution in [0.15, 0.2) is 42.6 Å². The van der Waals surface area contributed by atoms with E-state index in [1.807, 2.05) is 30.3 Å². The average Bonchev–Trinajstić information content (AvgIpc) is 2.56. The Morgan fingerprint density at radius 3 is 2.41 bits per heavy atom. The van der Waals surface area contributed by atoms with Crippen LogP contribution in [0.25, 0.3) is 0 Å². The molecule has 0 spiro atoms. The molecule has 1 heterocycles. The minimum atomic E-state index is -0.220. The smallest absolute Gasteiger partial charge is 0.274 e. The zero-order valence-corrected chi connectivity index (χ0v) is 13.1. The molecule has 1 amide bonds. The third-order valence-electron chi connectivity index (χ3n) is 3.18. The van der Waals surface area contributed by atoms with Crippen molar-refractivity contribution in [3.8, 4) is 0 Å². The number of nitrogens with one attached hydrogen (secondary N) is 1. The van der Waals surface area contributed by atoms with Crippen LogP contribution < -0.4 is 10.2 Å². The monoisotopic (exact) mass is 298 g/mol. The first kappa shape index (κ1) is 15.9. The third-order valence-corrected chi connectivity index (χ3v) is 3.18. The SMILES string of the molecule is CCCN(CCC)c1nccc(C(=O)Nc2ccccc2)n1. The van der Waals surface area contributed by atoms with E-state index in [1.165, 1.54) is 0 Å². The van der Waals surface area contributed by atoms with Crippen molar-refractivity contribution in [2.75, 3.05) is 23.3 Å². The molecule has 0 aliphatic carbocycles. The maximum absolute atomic E-state index is 12.3. The van der Waals surface area contributed by atoms with Crippen LogP contribution in [-0.2, 0) is 0 Å². The van der Waals surface area contributed by atoms with Gasteiger partial charge in [0.05, 0.1) is 0 Å². The lowest BCUT2D eigenvalue weighted by atomic mass is 10.3. The summed E-state index contributed by atoms with van der Waals surface area (Å²) < 4.78 is 0. The molecule has 1 N–H and O–H groups in total. The van der Waals surface area contributed by atoms with Crippen molar-refractivity contribution in [3.63, 3.8) is 0 Å². The fraction of sp³-hybridized carbons (Fsp3) is 0.353. The van der Waals surface area contributed by atoms with Crippen molar-refractivity contribution in [3.05, 3.63) is 48.3 Å². The normalized spacial score (nSPS) is 10.3. The van der Waals surface area contributed by atoms with Crippen LogP contribution in [0.1, 0.15) is 37.2 Å². The summed E-state index contributed by atoms with van der Waals surface area (Å²) in [6.45, 7) is 6.01. The minimum absolute atomic E-state index is 0.220. The molecular weight excluding hydrogens is 276 g/mol. The summed E-state index contributed by atoms with van der Waals surface area (Å²) in [5, 5.41) is 2.84. The van der Waals surface area contributed by atoms with E-state index < -0.39 is 0 Å². The van der Waals surface area contributed by atoms with Crippen LogP contribution in [0.4, 0.5) is 11.6 Å². The first-order valence-electron chi connectivity index (χ1n) is 7.69. The van der Waals surface area contributed by atoms with Gasteiger partial charge in [0.2, 0.25) is 5.95 Å². The van der Waals surface area contributed by atoms with Crippen molar-refractivity contribution in [2.45, 2.75) is 26.7 Å². The molecule has 5 nitrogen and oxygen atoms in total. The van der Waals surface area contributed by atoms with Gasteiger partial charge in [0.1, 0.15) is 5.69 Å². The van der Waals surface area contributed by atoms with Crippen LogP contribution in [0.2, 0.25) is 0 Å². The van der Waals surface area contributed by atoms with Crippen molar-refractivity contribution >= 4 is 17.5 Å². The predicted molar refractivity (Wildman–Crippen MR) is 89.2 cm³/mol. The first-order chi connectivity index (χ1) is 10.7. The molecule has 1 aromatic carbocycles. The predicted octanol–water partition coefficient (Wildman–Crippen LogP) is 3.36. The zero-order valence-electron chi connectivity index (χ0n) is 13.1. The second kappa shape index (κ2) is 8.12. The summed E-state index contributed by atoms with van der Waals surface area (Å²) in [6, 6.07) is 11.0. The summed E-state index contributed by atoms with van der Waals surface area (Å²) in [6.07, 6.45) is 3.67. The van der Waals surface area contributed by atoms with Crippen molar-refractivity contribution in [1.29, 1.82) is 0 Å². The van der Waals surface area contributed by atoms with Crippen molar-refractivity contribution < 1.29 is 4.79 Å². The molecule has 0 atom stereocenters. The van der Waals surface area contributed by atoms with E-state index in [0.29, 0.717) is 11.6 Å². The van der Waals surface area contributed by atoms with E-state index in [9.17, 15) is 4.79 Å². The molecule has 22 heavy (non-hydrogen) atoms. The Balaban J connectivity index is 2.14. The zero-order chi connectivity index (χ0) is 15.8. The number of nitrogens with zero attached hydrogens (tertiary/aromatic N) is 3. The Kier molecular flexibility index (Phi) is 5.89. The lowest BCUT2D eigenvalue weighted by molar-refractivity contribution is 0.102. The second-order valence-electron chi connectivity index (χ2n) is 5.05. The molecule has 5 heteroatoms. The fourth-order valence-electron chi connectivity index (χ4n) is 2.20. The molecule has 0 saturated heterocycles. The number of benzene rings is 1. The van der Waals surface area contributed by atoms with Gasteiger partial charge in [-0.3, -0.25) is 4.79 Å². The fourth-order valence-corrected chi connectivity index (χ4v) is 2.20. The van der Waals surface area contributed by atoms with E-state index in [-0.39, 0.29) is 5.91 Å². The van der Waals surface area contributed by atoms with Gasteiger partial charge in [-0.15, -0.1) is 0 Å². The highest BCUT2D eigenvalue weighted by Crippen LogP contribution is 2.11. The van der Waals surface area contributed by atoms with Gasteiger partial charge in [-0.1, -0.05) is 32.0 Å². The number of carbonyl (C=O) groups excluding carboxylic acids is 1. The molecule has 0 fully saturated rings. The molecule has 116 valence electrons. The van der Waals surface area contributed by atoms with Crippen LogP contribution in [0.5, 0.6) is 0 Å². The topological polar surface area (TPSA) is 58.1 Å². The molecule has 1 aromatic heterocycles. The van der Waals surface area contributed by atoms with E-state index in [1.54, 1.807) is 12.3 Å². The molecule has 0 radical (unpaired) electrons. The standard InChI is InChI=1S/C17H22N4O/c1-3-12-21(13-4-2)17-18-11-10-15(20-17)16(22)19-14-8-6-5-7-9-14/h5-11H,3-4,12-13H2,1-2H3,(H,19,22). The maximum Gasteiger partial charge on any atom is 0.274 e. The number of hydrogen-bond donors (Lipinski definition) is 1. The van der Waals surface area contributed by atoms with Gasteiger partial charge in [-0.05, 0) is 31.0 Å². The molecule has 0 aliphatic heterocycles. The Morgan fingerprint density at radius 2 is 1.77 bits per heavy atom. The summed E-state index contributed by atoms with van der Waals surface area (Å²) in [5.74, 6) is 0.396. The van der Waals surface area contributed by atoms with Crippen LogP contribution in [0, 0.1) is 0 Å². The Labute approximate surface area is 131 Å². The van der Waals surface area contributed by atoms with Crippen molar-refractivity contribution in [2.24, 2.45) is 0 Å². The van der Waals surface area contributed by atoms with Crippen molar-refractivity contribution in [1.82, 2.24) is 9.97 Å². The number of hydrogen-bond acceptors (Lipinski definition) is 4. The number of amides is 1. The van der Waals surface area contributed by atoms with Crippen LogP contribution >= 0.6 is 0 Å². The lowest BCUT2D eigenvalue weighted by Gasteiger charge is -2.21. The second-order valence-corrected chi connectivity index (χ2v) is 5.05. The number of anilines is 2. The molecular formula is C17H22N4O. The highest BCUT2D eigenvalue weighted by molar-refractivity contribution is 6.02. The molecule has 2 rings (SSSR count). The Bertz CT molecular complexity index is 595. The number of aromatic nitrogens is 2. The van der Waals surface area contributed by atoms with Gasteiger partial charge in [-0.2, -0.15) is 0 Å². The summed E-state index contributed by atoms with van der Waals surface area (Å²) in [4.78, 5) is 23.1. The van der Waals surface area contributed by atoms with Gasteiger partial charge < -0.3 is 10.2 Å². The van der Waals surface area contributed by atoms with E-state index in [2.05, 4.69) is 34.0 Å². The highest BCUT2D eigenvalue weighted by Gasteiger charge is 2.12. The number of rotatable bonds is 7. The molecule has 0 bridgehead atoms. The molecule has 0 aliphatic rings. The minimum Gasteiger partial charge on any atom is -0.341 e. The third kappa shape index (κ3) is 4.28. The van der Waals surface area contributed by atoms with Crippen LogP contribution in [-0.4, -0.2) is 29.0 Å². The van der Waals surface area contributed by atoms with Crippen LogP contribution in [0.3, 0.4) is 0 Å². The first-order valence-corrected chi connectivity index (χ1v) is 7.69. The number of carbonyl (C=O) groups is 1. The summed E-state index contributed by atoms with van der Waals surface area (Å²) in [5.41, 5.74) is 1.14. The average molecular weight is 298 g/mol. The van der Waals surface area contributed by atoms with Gasteiger partial charge in [0.25, 0.3) is 5.91 Å².